The zero-order chi connectivity index (χ0) is 16.1. The number of carbonyl (C=O) groups excluding carboxylic acids is 1. The molecule has 0 unspecified atom stereocenters. The first-order valence-electron chi connectivity index (χ1n) is 8.18. The SMILES string of the molecule is CN(CCC(=O)N(Cc1cccnc1)C1CC1)c1ccccc1. The van der Waals surface area contributed by atoms with E-state index in [0.29, 0.717) is 19.0 Å². The molecule has 120 valence electrons. The Labute approximate surface area is 137 Å². The second-order valence-electron chi connectivity index (χ2n) is 6.12. The summed E-state index contributed by atoms with van der Waals surface area (Å²) in [7, 11) is 2.03. The first-order chi connectivity index (χ1) is 11.2. The standard InChI is InChI=1S/C19H23N3O/c1-21(17-7-3-2-4-8-17)13-11-19(23)22(18-9-10-18)15-16-6-5-12-20-14-16/h2-8,12,14,18H,9-11,13,15H2,1H3. The normalized spacial score (nSPS) is 13.6. The van der Waals surface area contributed by atoms with Crippen LogP contribution in [0.1, 0.15) is 24.8 Å². The Morgan fingerprint density at radius 3 is 2.61 bits per heavy atom. The minimum absolute atomic E-state index is 0.235. The summed E-state index contributed by atoms with van der Waals surface area (Å²) in [5, 5.41) is 0. The average Bonchev–Trinajstić information content (AvgIpc) is 3.44. The highest BCUT2D eigenvalue weighted by Crippen LogP contribution is 2.29. The van der Waals surface area contributed by atoms with E-state index in [9.17, 15) is 4.79 Å². The second-order valence-corrected chi connectivity index (χ2v) is 6.12. The molecule has 1 aromatic heterocycles. The molecule has 1 aliphatic rings. The minimum Gasteiger partial charge on any atom is -0.374 e. The van der Waals surface area contributed by atoms with Crippen molar-refractivity contribution >= 4 is 11.6 Å². The number of para-hydroxylation sites is 1. The minimum atomic E-state index is 0.235. The molecule has 0 aliphatic heterocycles. The van der Waals surface area contributed by atoms with Crippen LogP contribution in [0.5, 0.6) is 0 Å². The first-order valence-corrected chi connectivity index (χ1v) is 8.18. The smallest absolute Gasteiger partial charge is 0.224 e. The Bertz CT molecular complexity index is 626. The van der Waals surface area contributed by atoms with E-state index < -0.39 is 0 Å². The summed E-state index contributed by atoms with van der Waals surface area (Å²) < 4.78 is 0. The van der Waals surface area contributed by atoms with Gasteiger partial charge in [0.05, 0.1) is 0 Å². The lowest BCUT2D eigenvalue weighted by atomic mass is 10.2. The number of rotatable bonds is 7. The highest BCUT2D eigenvalue weighted by Gasteiger charge is 2.32. The van der Waals surface area contributed by atoms with E-state index in [-0.39, 0.29) is 5.91 Å². The molecule has 1 fully saturated rings. The maximum Gasteiger partial charge on any atom is 0.224 e. The van der Waals surface area contributed by atoms with Crippen molar-refractivity contribution in [3.8, 4) is 0 Å². The van der Waals surface area contributed by atoms with Gasteiger partial charge in [0.25, 0.3) is 0 Å². The van der Waals surface area contributed by atoms with Crippen LogP contribution < -0.4 is 4.90 Å². The van der Waals surface area contributed by atoms with Crippen molar-refractivity contribution in [2.24, 2.45) is 0 Å². The van der Waals surface area contributed by atoms with Gasteiger partial charge in [-0.2, -0.15) is 0 Å². The third-order valence-electron chi connectivity index (χ3n) is 4.24. The molecule has 3 rings (SSSR count). The molecule has 0 N–H and O–H groups in total. The molecule has 4 nitrogen and oxygen atoms in total. The number of carbonyl (C=O) groups is 1. The van der Waals surface area contributed by atoms with Crippen molar-refractivity contribution in [2.45, 2.75) is 31.8 Å². The van der Waals surface area contributed by atoms with E-state index in [0.717, 1.165) is 30.6 Å². The van der Waals surface area contributed by atoms with E-state index in [4.69, 9.17) is 0 Å². The molecule has 0 saturated heterocycles. The number of hydrogen-bond acceptors (Lipinski definition) is 3. The van der Waals surface area contributed by atoms with Gasteiger partial charge in [0.2, 0.25) is 5.91 Å². The largest absolute Gasteiger partial charge is 0.374 e. The van der Waals surface area contributed by atoms with Gasteiger partial charge in [-0.3, -0.25) is 9.78 Å². The Morgan fingerprint density at radius 1 is 1.17 bits per heavy atom. The van der Waals surface area contributed by atoms with E-state index in [2.05, 4.69) is 22.0 Å². The van der Waals surface area contributed by atoms with Crippen LogP contribution in [0.4, 0.5) is 5.69 Å². The Morgan fingerprint density at radius 2 is 1.96 bits per heavy atom. The fourth-order valence-electron chi connectivity index (χ4n) is 2.71. The fourth-order valence-corrected chi connectivity index (χ4v) is 2.71. The van der Waals surface area contributed by atoms with Crippen molar-refractivity contribution in [3.63, 3.8) is 0 Å². The van der Waals surface area contributed by atoms with Crippen molar-refractivity contribution in [3.05, 3.63) is 60.4 Å². The first kappa shape index (κ1) is 15.5. The van der Waals surface area contributed by atoms with E-state index >= 15 is 0 Å². The fraction of sp³-hybridized carbons (Fsp3) is 0.368. The van der Waals surface area contributed by atoms with Crippen LogP contribution in [0.25, 0.3) is 0 Å². The van der Waals surface area contributed by atoms with Crippen molar-refractivity contribution in [2.75, 3.05) is 18.5 Å². The van der Waals surface area contributed by atoms with Gasteiger partial charge in [-0.25, -0.2) is 0 Å². The molecule has 0 radical (unpaired) electrons. The summed E-state index contributed by atoms with van der Waals surface area (Å²) in [6.07, 6.45) is 6.41. The van der Waals surface area contributed by atoms with Gasteiger partial charge in [0.1, 0.15) is 0 Å². The molecule has 23 heavy (non-hydrogen) atoms. The van der Waals surface area contributed by atoms with Crippen molar-refractivity contribution in [1.29, 1.82) is 0 Å². The van der Waals surface area contributed by atoms with Gasteiger partial charge in [-0.1, -0.05) is 24.3 Å². The topological polar surface area (TPSA) is 36.4 Å². The Hall–Kier alpha value is -2.36. The van der Waals surface area contributed by atoms with Crippen LogP contribution in [0.15, 0.2) is 54.9 Å². The number of pyridine rings is 1. The average molecular weight is 309 g/mol. The molecular weight excluding hydrogens is 286 g/mol. The third kappa shape index (κ3) is 4.31. The summed E-state index contributed by atoms with van der Waals surface area (Å²) in [4.78, 5) is 20.9. The molecule has 1 aliphatic carbocycles. The van der Waals surface area contributed by atoms with Crippen LogP contribution in [0, 0.1) is 0 Å². The third-order valence-corrected chi connectivity index (χ3v) is 4.24. The van der Waals surface area contributed by atoms with Crippen molar-refractivity contribution in [1.82, 2.24) is 9.88 Å². The molecule has 1 saturated carbocycles. The van der Waals surface area contributed by atoms with Crippen LogP contribution in [-0.4, -0.2) is 35.4 Å². The number of anilines is 1. The maximum absolute atomic E-state index is 12.6. The molecule has 2 aromatic rings. The van der Waals surface area contributed by atoms with Gasteiger partial charge in [0, 0.05) is 50.7 Å². The Kier molecular flexibility index (Phi) is 4.91. The number of amides is 1. The predicted molar refractivity (Wildman–Crippen MR) is 92.1 cm³/mol. The van der Waals surface area contributed by atoms with E-state index in [1.54, 1.807) is 6.20 Å². The predicted octanol–water partition coefficient (Wildman–Crippen LogP) is 3.10. The summed E-state index contributed by atoms with van der Waals surface area (Å²) >= 11 is 0. The van der Waals surface area contributed by atoms with Gasteiger partial charge in [0.15, 0.2) is 0 Å². The number of nitrogens with zero attached hydrogens (tertiary/aromatic N) is 3. The lowest BCUT2D eigenvalue weighted by Crippen LogP contribution is -2.35. The van der Waals surface area contributed by atoms with Crippen LogP contribution in [-0.2, 0) is 11.3 Å². The molecule has 1 aromatic carbocycles. The lowest BCUT2D eigenvalue weighted by Gasteiger charge is -2.25. The van der Waals surface area contributed by atoms with Crippen LogP contribution in [0.2, 0.25) is 0 Å². The van der Waals surface area contributed by atoms with Crippen LogP contribution in [0.3, 0.4) is 0 Å². The molecule has 0 spiro atoms. The molecule has 1 amide bonds. The molecular formula is C19H23N3O. The highest BCUT2D eigenvalue weighted by molar-refractivity contribution is 5.77. The maximum atomic E-state index is 12.6. The molecule has 0 bridgehead atoms. The van der Waals surface area contributed by atoms with Gasteiger partial charge < -0.3 is 9.80 Å². The number of aromatic nitrogens is 1. The van der Waals surface area contributed by atoms with Crippen molar-refractivity contribution < 1.29 is 4.79 Å². The quantitative estimate of drug-likeness (QED) is 0.788. The summed E-state index contributed by atoms with van der Waals surface area (Å²) in [5.74, 6) is 0.235. The summed E-state index contributed by atoms with van der Waals surface area (Å²) in [6, 6.07) is 14.6. The zero-order valence-electron chi connectivity index (χ0n) is 13.6. The Balaban J connectivity index is 1.57. The van der Waals surface area contributed by atoms with E-state index in [1.165, 1.54) is 0 Å². The molecule has 4 heteroatoms. The monoisotopic (exact) mass is 309 g/mol. The van der Waals surface area contributed by atoms with Crippen LogP contribution >= 0.6 is 0 Å². The van der Waals surface area contributed by atoms with Gasteiger partial charge in [-0.05, 0) is 36.6 Å². The number of benzene rings is 1. The highest BCUT2D eigenvalue weighted by atomic mass is 16.2. The van der Waals surface area contributed by atoms with Gasteiger partial charge >= 0.3 is 0 Å². The zero-order valence-corrected chi connectivity index (χ0v) is 13.6. The lowest BCUT2D eigenvalue weighted by molar-refractivity contribution is -0.132. The van der Waals surface area contributed by atoms with E-state index in [1.807, 2.05) is 48.5 Å². The molecule has 0 atom stereocenters. The van der Waals surface area contributed by atoms with Gasteiger partial charge in [-0.15, -0.1) is 0 Å². The second kappa shape index (κ2) is 7.27. The summed E-state index contributed by atoms with van der Waals surface area (Å²) in [6.45, 7) is 1.41. The molecule has 1 heterocycles. The summed E-state index contributed by atoms with van der Waals surface area (Å²) in [5.41, 5.74) is 2.25. The number of hydrogen-bond donors (Lipinski definition) is 0.